The van der Waals surface area contributed by atoms with Crippen LogP contribution in [0.15, 0.2) is 53.6 Å². The molecule has 0 radical (unpaired) electrons. The predicted octanol–water partition coefficient (Wildman–Crippen LogP) is 9.68. The molecule has 4 aliphatic rings. The Morgan fingerprint density at radius 2 is 1.41 bits per heavy atom. The number of ether oxygens (including phenoxy) is 4. The number of hydrogen-bond donors (Lipinski definition) is 0. The second-order valence-electron chi connectivity index (χ2n) is 17.9. The normalized spacial score (nSPS) is 20.6. The number of terminal acetylenes is 1. The van der Waals surface area contributed by atoms with Crippen molar-refractivity contribution in [2.45, 2.75) is 124 Å². The molecule has 58 heavy (non-hydrogen) atoms. The molecule has 0 aliphatic carbocycles. The van der Waals surface area contributed by atoms with Gasteiger partial charge in [0.25, 0.3) is 11.8 Å². The summed E-state index contributed by atoms with van der Waals surface area (Å²) in [4.78, 5) is 38.5. The quantitative estimate of drug-likeness (QED) is 0.123. The molecule has 2 fully saturated rings. The molecular formula is C48H66N4O6. The zero-order valence-electron chi connectivity index (χ0n) is 36.5. The van der Waals surface area contributed by atoms with Crippen LogP contribution >= 0.6 is 0 Å². The Morgan fingerprint density at radius 1 is 0.810 bits per heavy atom. The minimum atomic E-state index is -0.139. The molecule has 4 heterocycles. The Balaban J connectivity index is 0.00000315. The Labute approximate surface area is 347 Å². The third-order valence-corrected chi connectivity index (χ3v) is 12.4. The zero-order chi connectivity index (χ0) is 42.5. The fraction of sp³-hybridized carbons (Fsp3) is 0.562. The van der Waals surface area contributed by atoms with Crippen LogP contribution in [0.5, 0.6) is 23.0 Å². The Hall–Kier alpha value is -4.91. The van der Waals surface area contributed by atoms with E-state index in [9.17, 15) is 9.59 Å². The summed E-state index contributed by atoms with van der Waals surface area (Å²) in [6.07, 6.45) is 17.3. The topological polar surface area (TPSA) is 93.1 Å². The molecule has 2 aromatic carbocycles. The molecule has 0 saturated carbocycles. The summed E-state index contributed by atoms with van der Waals surface area (Å²) in [5.41, 5.74) is 4.73. The highest BCUT2D eigenvalue weighted by atomic mass is 16.5. The molecule has 0 aromatic heterocycles. The van der Waals surface area contributed by atoms with E-state index in [2.05, 4.69) is 90.4 Å². The lowest BCUT2D eigenvalue weighted by molar-refractivity contribution is 0.0730. The number of rotatable bonds is 16. The van der Waals surface area contributed by atoms with Crippen molar-refractivity contribution in [3.05, 3.63) is 59.7 Å². The third-order valence-electron chi connectivity index (χ3n) is 12.4. The van der Waals surface area contributed by atoms with Gasteiger partial charge in [-0.2, -0.15) is 0 Å². The monoisotopic (exact) mass is 794 g/mol. The third kappa shape index (κ3) is 9.35. The first kappa shape index (κ1) is 44.2. The highest BCUT2D eigenvalue weighted by molar-refractivity contribution is 6.04. The van der Waals surface area contributed by atoms with E-state index in [0.29, 0.717) is 72.2 Å². The van der Waals surface area contributed by atoms with Crippen LogP contribution in [-0.4, -0.2) is 92.5 Å². The molecular weight excluding hydrogens is 729 g/mol. The lowest BCUT2D eigenvalue weighted by atomic mass is 9.78. The average Bonchev–Trinajstić information content (AvgIpc) is 3.74. The van der Waals surface area contributed by atoms with Gasteiger partial charge in [-0.1, -0.05) is 72.3 Å². The van der Waals surface area contributed by atoms with Gasteiger partial charge in [0.1, 0.15) is 0 Å². The number of methoxy groups -OCH3 is 2. The van der Waals surface area contributed by atoms with E-state index in [0.717, 1.165) is 68.2 Å². The lowest BCUT2D eigenvalue weighted by Crippen LogP contribution is -2.50. The van der Waals surface area contributed by atoms with Crippen LogP contribution in [0.4, 0.5) is 11.4 Å². The van der Waals surface area contributed by atoms with Crippen LogP contribution in [0, 0.1) is 23.7 Å². The zero-order valence-corrected chi connectivity index (χ0v) is 36.5. The molecule has 4 aliphatic heterocycles. The van der Waals surface area contributed by atoms with Gasteiger partial charge in [0.2, 0.25) is 0 Å². The fourth-order valence-corrected chi connectivity index (χ4v) is 8.84. The fourth-order valence-electron chi connectivity index (χ4n) is 8.84. The average molecular weight is 795 g/mol. The Kier molecular flexibility index (Phi) is 14.0. The smallest absolute Gasteiger partial charge is 0.257 e. The molecule has 0 bridgehead atoms. The second-order valence-corrected chi connectivity index (χ2v) is 17.9. The van der Waals surface area contributed by atoms with Crippen molar-refractivity contribution < 1.29 is 28.5 Å². The molecule has 10 nitrogen and oxygen atoms in total. The van der Waals surface area contributed by atoms with Crippen LogP contribution in [0.1, 0.15) is 121 Å². The van der Waals surface area contributed by atoms with Gasteiger partial charge in [0.05, 0.1) is 62.0 Å². The predicted molar refractivity (Wildman–Crippen MR) is 235 cm³/mol. The molecule has 4 atom stereocenters. The number of carbonyl (C=O) groups excluding carboxylic acids is 2. The SMILES string of the molecule is C#C.C=C1CC2C=Nc3cc(OCC(C)(C)CCC(C)(C)CCOc4cc5c(cc4OC)C(=O)N4CC(=C)C[C@H]4C(C)N5C(CC)CCC)c(OC)cc3C(=O)N2C1. The highest BCUT2D eigenvalue weighted by Gasteiger charge is 2.44. The van der Waals surface area contributed by atoms with Gasteiger partial charge in [0.15, 0.2) is 23.0 Å². The van der Waals surface area contributed by atoms with E-state index in [1.165, 1.54) is 0 Å². The summed E-state index contributed by atoms with van der Waals surface area (Å²) in [6.45, 7) is 26.2. The minimum absolute atomic E-state index is 0.0101. The van der Waals surface area contributed by atoms with Crippen molar-refractivity contribution >= 4 is 29.4 Å². The van der Waals surface area contributed by atoms with Gasteiger partial charge in [-0.3, -0.25) is 14.6 Å². The summed E-state index contributed by atoms with van der Waals surface area (Å²) in [5.74, 6) is 2.33. The molecule has 2 amide bonds. The number of nitrogens with zero attached hydrogens (tertiary/aromatic N) is 4. The first-order chi connectivity index (χ1) is 27.6. The maximum Gasteiger partial charge on any atom is 0.257 e. The molecule has 10 heteroatoms. The van der Waals surface area contributed by atoms with Gasteiger partial charge < -0.3 is 33.6 Å². The van der Waals surface area contributed by atoms with Gasteiger partial charge >= 0.3 is 0 Å². The number of benzene rings is 2. The number of carbonyl (C=O) groups is 2. The van der Waals surface area contributed by atoms with Crippen molar-refractivity contribution in [1.82, 2.24) is 9.80 Å². The molecule has 6 rings (SSSR count). The van der Waals surface area contributed by atoms with Crippen LogP contribution in [0.2, 0.25) is 0 Å². The summed E-state index contributed by atoms with van der Waals surface area (Å²) in [5, 5.41) is 0. The van der Waals surface area contributed by atoms with Crippen molar-refractivity contribution in [3.63, 3.8) is 0 Å². The van der Waals surface area contributed by atoms with Gasteiger partial charge in [-0.05, 0) is 74.8 Å². The molecule has 2 saturated heterocycles. The summed E-state index contributed by atoms with van der Waals surface area (Å²) in [7, 11) is 3.24. The summed E-state index contributed by atoms with van der Waals surface area (Å²) < 4.78 is 24.5. The Morgan fingerprint density at radius 3 is 2.07 bits per heavy atom. The van der Waals surface area contributed by atoms with Crippen LogP contribution < -0.4 is 23.8 Å². The highest BCUT2D eigenvalue weighted by Crippen LogP contribution is 2.45. The number of fused-ring (bicyclic) bond motifs is 4. The van der Waals surface area contributed by atoms with E-state index in [1.54, 1.807) is 20.3 Å². The van der Waals surface area contributed by atoms with E-state index >= 15 is 0 Å². The van der Waals surface area contributed by atoms with Gasteiger partial charge in [0, 0.05) is 43.5 Å². The number of anilines is 1. The standard InChI is InChI=1S/C46H64N4O6.C2H2/c1-12-14-32(13-2)50-31(5)37-20-30(4)27-49(37)44(52)35-22-40(54-11)42(24-38(35)50)55-18-17-45(6,7)15-16-46(8,9)28-56-41-23-36-34(21-39(41)53-10)43(51)48-26-29(3)19-33(48)25-47-36;1-2/h21-25,31-33,37H,3-4,12-20,26-28H2,1-2,5-11H3;1-2H/t31?,32?,33?,37-;/m0./s1. The van der Waals surface area contributed by atoms with Gasteiger partial charge in [-0.25, -0.2) is 0 Å². The summed E-state index contributed by atoms with van der Waals surface area (Å²) in [6, 6.07) is 8.00. The lowest BCUT2D eigenvalue weighted by Gasteiger charge is -2.41. The van der Waals surface area contributed by atoms with Crippen molar-refractivity contribution in [1.29, 1.82) is 0 Å². The first-order valence-electron chi connectivity index (χ1n) is 20.9. The minimum Gasteiger partial charge on any atom is -0.493 e. The first-order valence-corrected chi connectivity index (χ1v) is 20.9. The van der Waals surface area contributed by atoms with Crippen molar-refractivity contribution in [2.24, 2.45) is 15.8 Å². The van der Waals surface area contributed by atoms with E-state index in [-0.39, 0.29) is 40.8 Å². The summed E-state index contributed by atoms with van der Waals surface area (Å²) >= 11 is 0. The molecule has 0 N–H and O–H groups in total. The van der Waals surface area contributed by atoms with Crippen LogP contribution in [0.25, 0.3) is 0 Å². The maximum absolute atomic E-state index is 14.1. The molecule has 0 spiro atoms. The molecule has 2 aromatic rings. The van der Waals surface area contributed by atoms with E-state index in [4.69, 9.17) is 18.9 Å². The second kappa shape index (κ2) is 18.3. The number of amides is 2. The molecule has 314 valence electrons. The van der Waals surface area contributed by atoms with Crippen molar-refractivity contribution in [2.75, 3.05) is 45.4 Å². The molecule has 3 unspecified atom stereocenters. The number of hydrogen-bond acceptors (Lipinski definition) is 8. The maximum atomic E-state index is 14.1. The van der Waals surface area contributed by atoms with Gasteiger partial charge in [-0.15, -0.1) is 12.8 Å². The van der Waals surface area contributed by atoms with E-state index < -0.39 is 0 Å². The largest absolute Gasteiger partial charge is 0.493 e. The number of aliphatic imine (C=N–C) groups is 1. The van der Waals surface area contributed by atoms with Crippen LogP contribution in [-0.2, 0) is 0 Å². The Bertz CT molecular complexity index is 1910. The van der Waals surface area contributed by atoms with Crippen molar-refractivity contribution in [3.8, 4) is 35.8 Å². The van der Waals surface area contributed by atoms with E-state index in [1.807, 2.05) is 28.1 Å². The van der Waals surface area contributed by atoms with Crippen LogP contribution in [0.3, 0.4) is 0 Å².